The highest BCUT2D eigenvalue weighted by atomic mass is 32.2. The Labute approximate surface area is 158 Å². The van der Waals surface area contributed by atoms with Gasteiger partial charge in [-0.05, 0) is 26.4 Å². The topological polar surface area (TPSA) is 105 Å². The van der Waals surface area contributed by atoms with Gasteiger partial charge in [-0.2, -0.15) is 4.98 Å². The zero-order valence-electron chi connectivity index (χ0n) is 15.3. The number of hydrogen-bond acceptors (Lipinski definition) is 7. The van der Waals surface area contributed by atoms with Crippen LogP contribution in [0.25, 0.3) is 11.4 Å². The molecule has 146 valence electrons. The van der Waals surface area contributed by atoms with Gasteiger partial charge in [0.15, 0.2) is 9.84 Å². The van der Waals surface area contributed by atoms with E-state index in [0.717, 1.165) is 12.0 Å². The maximum absolute atomic E-state index is 12.0. The van der Waals surface area contributed by atoms with Gasteiger partial charge in [-0.1, -0.05) is 35.5 Å². The summed E-state index contributed by atoms with van der Waals surface area (Å²) < 4.78 is 28.1. The smallest absolute Gasteiger partial charge is 0.234 e. The van der Waals surface area contributed by atoms with Crippen LogP contribution in [-0.2, 0) is 21.1 Å². The summed E-state index contributed by atoms with van der Waals surface area (Å²) in [5.41, 5.74) is 0.912. The Hall–Kier alpha value is -2.26. The van der Waals surface area contributed by atoms with E-state index in [4.69, 9.17) is 4.52 Å². The van der Waals surface area contributed by atoms with Crippen LogP contribution in [0.2, 0.25) is 0 Å². The number of sulfone groups is 1. The van der Waals surface area contributed by atoms with Gasteiger partial charge < -0.3 is 9.84 Å². The van der Waals surface area contributed by atoms with Gasteiger partial charge in [0.2, 0.25) is 17.6 Å². The van der Waals surface area contributed by atoms with Crippen LogP contribution in [0.3, 0.4) is 0 Å². The van der Waals surface area contributed by atoms with Crippen LogP contribution >= 0.6 is 0 Å². The molecule has 1 N–H and O–H groups in total. The minimum absolute atomic E-state index is 0.0450. The van der Waals surface area contributed by atoms with Crippen LogP contribution in [0.1, 0.15) is 18.7 Å². The third-order valence-electron chi connectivity index (χ3n) is 4.44. The summed E-state index contributed by atoms with van der Waals surface area (Å²) in [7, 11) is -1.13. The summed E-state index contributed by atoms with van der Waals surface area (Å²) in [5, 5.41) is 6.78. The minimum Gasteiger partial charge on any atom is -0.351 e. The zero-order valence-corrected chi connectivity index (χ0v) is 16.1. The van der Waals surface area contributed by atoms with Gasteiger partial charge in [0.05, 0.1) is 18.1 Å². The van der Waals surface area contributed by atoms with E-state index in [1.165, 1.54) is 0 Å². The fraction of sp³-hybridized carbons (Fsp3) is 0.500. The lowest BCUT2D eigenvalue weighted by atomic mass is 10.2. The van der Waals surface area contributed by atoms with Gasteiger partial charge >= 0.3 is 0 Å². The van der Waals surface area contributed by atoms with Crippen molar-refractivity contribution in [3.8, 4) is 11.4 Å². The third kappa shape index (κ3) is 5.86. The summed E-state index contributed by atoms with van der Waals surface area (Å²) in [6.45, 7) is 0.926. The molecular weight excluding hydrogens is 368 g/mol. The average Bonchev–Trinajstić information content (AvgIpc) is 3.22. The molecule has 1 fully saturated rings. The van der Waals surface area contributed by atoms with Gasteiger partial charge in [0, 0.05) is 18.0 Å². The van der Waals surface area contributed by atoms with Crippen molar-refractivity contribution in [2.75, 3.05) is 31.6 Å². The van der Waals surface area contributed by atoms with E-state index >= 15 is 0 Å². The predicted octanol–water partition coefficient (Wildman–Crippen LogP) is 0.904. The van der Waals surface area contributed by atoms with Crippen molar-refractivity contribution in [1.29, 1.82) is 0 Å². The Morgan fingerprint density at radius 2 is 2.11 bits per heavy atom. The Kier molecular flexibility index (Phi) is 6.22. The van der Waals surface area contributed by atoms with Gasteiger partial charge in [-0.3, -0.25) is 9.69 Å². The van der Waals surface area contributed by atoms with Crippen molar-refractivity contribution in [3.63, 3.8) is 0 Å². The summed E-state index contributed by atoms with van der Waals surface area (Å²) in [6, 6.07) is 9.37. The van der Waals surface area contributed by atoms with Crippen LogP contribution in [0.5, 0.6) is 0 Å². The lowest BCUT2D eigenvalue weighted by Crippen LogP contribution is -2.41. The molecule has 1 aliphatic heterocycles. The monoisotopic (exact) mass is 392 g/mol. The second-order valence-corrected chi connectivity index (χ2v) is 9.12. The first kappa shape index (κ1) is 19.5. The first-order valence-electron chi connectivity index (χ1n) is 8.97. The Bertz CT molecular complexity index is 866. The molecule has 1 aromatic heterocycles. The van der Waals surface area contributed by atoms with Crippen LogP contribution in [0, 0.1) is 0 Å². The van der Waals surface area contributed by atoms with Crippen molar-refractivity contribution >= 4 is 15.7 Å². The molecule has 1 amide bonds. The van der Waals surface area contributed by atoms with Gasteiger partial charge in [0.1, 0.15) is 0 Å². The van der Waals surface area contributed by atoms with Crippen LogP contribution in [0.15, 0.2) is 34.9 Å². The largest absolute Gasteiger partial charge is 0.351 e. The molecule has 1 aliphatic rings. The summed E-state index contributed by atoms with van der Waals surface area (Å²) in [4.78, 5) is 18.3. The molecule has 2 heterocycles. The maximum Gasteiger partial charge on any atom is 0.234 e. The van der Waals surface area contributed by atoms with Gasteiger partial charge in [-0.15, -0.1) is 0 Å². The summed E-state index contributed by atoms with van der Waals surface area (Å²) in [5.74, 6) is 1.20. The van der Waals surface area contributed by atoms with Crippen LogP contribution < -0.4 is 5.32 Å². The Balaban J connectivity index is 1.38. The van der Waals surface area contributed by atoms with E-state index < -0.39 is 9.84 Å². The highest BCUT2D eigenvalue weighted by Crippen LogP contribution is 2.15. The molecule has 0 bridgehead atoms. The van der Waals surface area contributed by atoms with Gasteiger partial charge in [0.25, 0.3) is 0 Å². The van der Waals surface area contributed by atoms with E-state index in [9.17, 15) is 13.2 Å². The second-order valence-electron chi connectivity index (χ2n) is 6.89. The standard InChI is InChI=1S/C18H24N4O4S/c1-22(12-16(23)19-15-9-11-27(24,25)13-15)10-5-8-17-20-18(21-26-17)14-6-3-2-4-7-14/h2-4,6-7,15H,5,8-13H2,1H3,(H,19,23). The highest BCUT2D eigenvalue weighted by Gasteiger charge is 2.28. The van der Waals surface area contributed by atoms with Crippen molar-refractivity contribution in [1.82, 2.24) is 20.4 Å². The number of likely N-dealkylation sites (N-methyl/N-ethyl adjacent to an activating group) is 1. The first-order chi connectivity index (χ1) is 12.9. The average molecular weight is 392 g/mol. The molecule has 0 spiro atoms. The van der Waals surface area contributed by atoms with Crippen molar-refractivity contribution in [2.24, 2.45) is 0 Å². The SMILES string of the molecule is CN(CCCc1nc(-c2ccccc2)no1)CC(=O)NC1CCS(=O)(=O)C1. The minimum atomic E-state index is -2.98. The quantitative estimate of drug-likeness (QED) is 0.712. The number of benzene rings is 1. The highest BCUT2D eigenvalue weighted by molar-refractivity contribution is 7.91. The fourth-order valence-electron chi connectivity index (χ4n) is 3.07. The molecule has 27 heavy (non-hydrogen) atoms. The lowest BCUT2D eigenvalue weighted by Gasteiger charge is -2.17. The maximum atomic E-state index is 12.0. The Morgan fingerprint density at radius 1 is 1.33 bits per heavy atom. The van der Waals surface area contributed by atoms with E-state index in [-0.39, 0.29) is 30.0 Å². The molecule has 9 heteroatoms. The number of nitrogens with zero attached hydrogens (tertiary/aromatic N) is 3. The molecule has 0 saturated carbocycles. The lowest BCUT2D eigenvalue weighted by molar-refractivity contribution is -0.122. The fourth-order valence-corrected chi connectivity index (χ4v) is 4.74. The molecule has 2 aromatic rings. The molecule has 3 rings (SSSR count). The Morgan fingerprint density at radius 3 is 2.81 bits per heavy atom. The molecule has 1 aromatic carbocycles. The van der Waals surface area contributed by atoms with Crippen LogP contribution in [-0.4, -0.2) is 67.1 Å². The summed E-state index contributed by atoms with van der Waals surface area (Å²) >= 11 is 0. The molecule has 8 nitrogen and oxygen atoms in total. The molecule has 1 atom stereocenters. The molecule has 0 aliphatic carbocycles. The number of amides is 1. The summed E-state index contributed by atoms with van der Waals surface area (Å²) in [6.07, 6.45) is 1.91. The van der Waals surface area contributed by atoms with Crippen molar-refractivity contribution in [2.45, 2.75) is 25.3 Å². The molecule has 1 unspecified atom stereocenters. The van der Waals surface area contributed by atoms with Crippen molar-refractivity contribution in [3.05, 3.63) is 36.2 Å². The first-order valence-corrected chi connectivity index (χ1v) is 10.8. The number of carbonyl (C=O) groups is 1. The number of nitrogens with one attached hydrogen (secondary N) is 1. The van der Waals surface area contributed by atoms with E-state index in [2.05, 4.69) is 15.5 Å². The van der Waals surface area contributed by atoms with E-state index in [0.29, 0.717) is 31.1 Å². The molecule has 0 radical (unpaired) electrons. The van der Waals surface area contributed by atoms with Gasteiger partial charge in [-0.25, -0.2) is 8.42 Å². The van der Waals surface area contributed by atoms with E-state index in [1.807, 2.05) is 42.3 Å². The molecule has 1 saturated heterocycles. The van der Waals surface area contributed by atoms with Crippen LogP contribution in [0.4, 0.5) is 0 Å². The molecular formula is C18H24N4O4S. The van der Waals surface area contributed by atoms with E-state index in [1.54, 1.807) is 0 Å². The zero-order chi connectivity index (χ0) is 19.3. The number of rotatable bonds is 8. The predicted molar refractivity (Wildman–Crippen MR) is 101 cm³/mol. The third-order valence-corrected chi connectivity index (χ3v) is 6.21. The number of carbonyl (C=O) groups excluding carboxylic acids is 1. The number of aryl methyl sites for hydroxylation is 1. The second kappa shape index (κ2) is 8.62. The normalized spacial score (nSPS) is 18.7. The number of aromatic nitrogens is 2. The number of hydrogen-bond donors (Lipinski definition) is 1. The van der Waals surface area contributed by atoms with Crippen molar-refractivity contribution < 1.29 is 17.7 Å².